The zero-order valence-electron chi connectivity index (χ0n) is 5.73. The van der Waals surface area contributed by atoms with E-state index in [1.54, 1.807) is 0 Å². The van der Waals surface area contributed by atoms with Crippen LogP contribution in [0.2, 0.25) is 0 Å². The largest absolute Gasteiger partial charge is 0.241 e. The molecule has 0 bridgehead atoms. The molecule has 0 spiro atoms. The highest BCUT2D eigenvalue weighted by Gasteiger charge is 2.06. The maximum atomic E-state index is 12.8. The molecule has 0 unspecified atom stereocenters. The fourth-order valence-corrected chi connectivity index (χ4v) is 1.13. The quantitative estimate of drug-likeness (QED) is 0.672. The van der Waals surface area contributed by atoms with Gasteiger partial charge in [0, 0.05) is 5.33 Å². The number of hydrogen-bond donors (Lipinski definition) is 0. The van der Waals surface area contributed by atoms with Crippen LogP contribution in [0.4, 0.5) is 8.78 Å². The van der Waals surface area contributed by atoms with E-state index in [1.807, 2.05) is 0 Å². The van der Waals surface area contributed by atoms with E-state index >= 15 is 0 Å². The van der Waals surface area contributed by atoms with Crippen LogP contribution >= 0.6 is 15.9 Å². The minimum absolute atomic E-state index is 0.249. The molecule has 1 rings (SSSR count). The third kappa shape index (κ3) is 2.26. The highest BCUT2D eigenvalue weighted by Crippen LogP contribution is 2.19. The Bertz CT molecular complexity index is 220. The monoisotopic (exact) mass is 220 g/mol. The number of hydrogen-bond acceptors (Lipinski definition) is 0. The van der Waals surface area contributed by atoms with Crippen molar-refractivity contribution in [3.63, 3.8) is 0 Å². The molecule has 0 nitrogen and oxygen atoms in total. The lowest BCUT2D eigenvalue weighted by molar-refractivity contribution is 0.382. The Morgan fingerprint density at radius 1 is 1.27 bits per heavy atom. The second-order valence-corrected chi connectivity index (χ2v) is 2.82. The molecule has 0 saturated carbocycles. The zero-order valence-corrected chi connectivity index (χ0v) is 7.31. The predicted molar refractivity (Wildman–Crippen MR) is 44.0 cm³/mol. The molecule has 0 aliphatic rings. The van der Waals surface area contributed by atoms with E-state index in [-0.39, 0.29) is 11.1 Å². The van der Waals surface area contributed by atoms with Crippen LogP contribution in [0.3, 0.4) is 0 Å². The first-order valence-electron chi connectivity index (χ1n) is 3.19. The molecule has 0 radical (unpaired) electrons. The normalized spacial score (nSPS) is 13.0. The van der Waals surface area contributed by atoms with Crippen LogP contribution in [-0.2, 0) is 0 Å². The van der Waals surface area contributed by atoms with Crippen LogP contribution in [0.15, 0.2) is 24.3 Å². The van der Waals surface area contributed by atoms with E-state index in [4.69, 9.17) is 0 Å². The Morgan fingerprint density at radius 3 is 2.27 bits per heavy atom. The molecule has 0 amide bonds. The Labute approximate surface area is 72.4 Å². The first-order valence-corrected chi connectivity index (χ1v) is 4.31. The maximum Gasteiger partial charge on any atom is 0.135 e. The van der Waals surface area contributed by atoms with Crippen molar-refractivity contribution >= 4 is 15.9 Å². The van der Waals surface area contributed by atoms with Gasteiger partial charge in [-0.3, -0.25) is 0 Å². The number of alkyl halides is 2. The zero-order chi connectivity index (χ0) is 8.27. The van der Waals surface area contributed by atoms with Gasteiger partial charge in [-0.25, -0.2) is 8.78 Å². The Hall–Kier alpha value is -0.440. The molecule has 0 saturated heterocycles. The lowest BCUT2D eigenvalue weighted by Gasteiger charge is -2.02. The highest BCUT2D eigenvalue weighted by molar-refractivity contribution is 9.09. The molecule has 0 aliphatic carbocycles. The number of benzene rings is 1. The molecule has 0 N–H and O–H groups in total. The first-order chi connectivity index (χ1) is 5.24. The van der Waals surface area contributed by atoms with Gasteiger partial charge in [0.2, 0.25) is 0 Å². The first kappa shape index (κ1) is 8.65. The summed E-state index contributed by atoms with van der Waals surface area (Å²) in [5, 5.41) is 0.249. The molecule has 0 aliphatic heterocycles. The van der Waals surface area contributed by atoms with Crippen molar-refractivity contribution in [2.24, 2.45) is 0 Å². The molecule has 1 aromatic carbocycles. The summed E-state index contributed by atoms with van der Waals surface area (Å²) in [4.78, 5) is 0. The van der Waals surface area contributed by atoms with E-state index in [0.717, 1.165) is 0 Å². The molecular weight excluding hydrogens is 214 g/mol. The van der Waals surface area contributed by atoms with Gasteiger partial charge in [0.25, 0.3) is 0 Å². The maximum absolute atomic E-state index is 12.8. The SMILES string of the molecule is Fc1ccc([C@H](F)CBr)cc1. The van der Waals surface area contributed by atoms with Gasteiger partial charge < -0.3 is 0 Å². The van der Waals surface area contributed by atoms with Crippen LogP contribution in [0.25, 0.3) is 0 Å². The molecule has 1 aromatic rings. The molecule has 60 valence electrons. The van der Waals surface area contributed by atoms with E-state index in [0.29, 0.717) is 5.56 Å². The predicted octanol–water partition coefficient (Wildman–Crippen LogP) is 3.23. The molecule has 1 atom stereocenters. The molecule has 0 heterocycles. The third-order valence-corrected chi connectivity index (χ3v) is 1.94. The van der Waals surface area contributed by atoms with E-state index in [2.05, 4.69) is 15.9 Å². The second-order valence-electron chi connectivity index (χ2n) is 2.17. The van der Waals surface area contributed by atoms with Gasteiger partial charge in [0.05, 0.1) is 0 Å². The highest BCUT2D eigenvalue weighted by atomic mass is 79.9. The molecule has 3 heteroatoms. The van der Waals surface area contributed by atoms with Crippen molar-refractivity contribution in [2.75, 3.05) is 5.33 Å². The average Bonchev–Trinajstić information content (AvgIpc) is 2.05. The van der Waals surface area contributed by atoms with Gasteiger partial charge in [-0.2, -0.15) is 0 Å². The third-order valence-electron chi connectivity index (χ3n) is 1.37. The van der Waals surface area contributed by atoms with Crippen LogP contribution in [0.5, 0.6) is 0 Å². The van der Waals surface area contributed by atoms with E-state index in [1.165, 1.54) is 24.3 Å². The van der Waals surface area contributed by atoms with Crippen molar-refractivity contribution < 1.29 is 8.78 Å². The van der Waals surface area contributed by atoms with Crippen molar-refractivity contribution in [3.05, 3.63) is 35.6 Å². The van der Waals surface area contributed by atoms with Crippen LogP contribution in [0.1, 0.15) is 11.7 Å². The summed E-state index contributed by atoms with van der Waals surface area (Å²) in [6.45, 7) is 0. The summed E-state index contributed by atoms with van der Waals surface area (Å²) in [5.41, 5.74) is 0.503. The Morgan fingerprint density at radius 2 is 1.82 bits per heavy atom. The van der Waals surface area contributed by atoms with Crippen molar-refractivity contribution in [1.29, 1.82) is 0 Å². The number of halogens is 3. The lowest BCUT2D eigenvalue weighted by Crippen LogP contribution is -1.91. The van der Waals surface area contributed by atoms with Gasteiger partial charge in [0.1, 0.15) is 12.0 Å². The fourth-order valence-electron chi connectivity index (χ4n) is 0.761. The average molecular weight is 221 g/mol. The molecule has 11 heavy (non-hydrogen) atoms. The van der Waals surface area contributed by atoms with E-state index in [9.17, 15) is 8.78 Å². The summed E-state index contributed by atoms with van der Waals surface area (Å²) >= 11 is 3.00. The van der Waals surface area contributed by atoms with E-state index < -0.39 is 6.17 Å². The summed E-state index contributed by atoms with van der Waals surface area (Å²) in [7, 11) is 0. The van der Waals surface area contributed by atoms with Crippen molar-refractivity contribution in [3.8, 4) is 0 Å². The molecule has 0 fully saturated rings. The molecular formula is C8H7BrF2. The van der Waals surface area contributed by atoms with Gasteiger partial charge in [-0.05, 0) is 17.7 Å². The van der Waals surface area contributed by atoms with Gasteiger partial charge in [-0.15, -0.1) is 0 Å². The van der Waals surface area contributed by atoms with Crippen LogP contribution in [-0.4, -0.2) is 5.33 Å². The Kier molecular flexibility index (Phi) is 3.00. The van der Waals surface area contributed by atoms with Crippen LogP contribution < -0.4 is 0 Å². The van der Waals surface area contributed by atoms with Gasteiger partial charge in [0.15, 0.2) is 0 Å². The number of rotatable bonds is 2. The summed E-state index contributed by atoms with van der Waals surface area (Å²) in [5.74, 6) is -0.337. The fraction of sp³-hybridized carbons (Fsp3) is 0.250. The van der Waals surface area contributed by atoms with Crippen molar-refractivity contribution in [1.82, 2.24) is 0 Å². The van der Waals surface area contributed by atoms with Crippen molar-refractivity contribution in [2.45, 2.75) is 6.17 Å². The second kappa shape index (κ2) is 3.81. The standard InChI is InChI=1S/C8H7BrF2/c9-5-8(11)6-1-3-7(10)4-2-6/h1-4,8H,5H2/t8-/m1/s1. The molecule has 0 aromatic heterocycles. The smallest absolute Gasteiger partial charge is 0.135 e. The summed E-state index contributed by atoms with van der Waals surface area (Å²) < 4.78 is 25.1. The van der Waals surface area contributed by atoms with Gasteiger partial charge in [-0.1, -0.05) is 28.1 Å². The summed E-state index contributed by atoms with van der Waals surface area (Å²) in [6.07, 6.45) is -1.05. The van der Waals surface area contributed by atoms with Crippen LogP contribution in [0, 0.1) is 5.82 Å². The lowest BCUT2D eigenvalue weighted by atomic mass is 10.1. The topological polar surface area (TPSA) is 0 Å². The Balaban J connectivity index is 2.81. The minimum atomic E-state index is -1.05. The summed E-state index contributed by atoms with van der Waals surface area (Å²) in [6, 6.07) is 5.40. The minimum Gasteiger partial charge on any atom is -0.241 e. The van der Waals surface area contributed by atoms with Gasteiger partial charge >= 0.3 is 0 Å².